The van der Waals surface area contributed by atoms with Crippen molar-refractivity contribution in [3.63, 3.8) is 0 Å². The lowest BCUT2D eigenvalue weighted by Crippen LogP contribution is -2.13. The molecule has 2 heterocycles. The van der Waals surface area contributed by atoms with Gasteiger partial charge in [0.1, 0.15) is 11.5 Å². The topological polar surface area (TPSA) is 78.0 Å². The van der Waals surface area contributed by atoms with Crippen LogP contribution in [0.5, 0.6) is 0 Å². The highest BCUT2D eigenvalue weighted by Crippen LogP contribution is 2.34. The van der Waals surface area contributed by atoms with E-state index in [1.165, 1.54) is 18.3 Å². The van der Waals surface area contributed by atoms with Gasteiger partial charge in [-0.1, -0.05) is 47.1 Å². The molecular weight excluding hydrogens is 386 g/mol. The number of halogens is 1. The van der Waals surface area contributed by atoms with E-state index in [-0.39, 0.29) is 4.90 Å². The summed E-state index contributed by atoms with van der Waals surface area (Å²) in [4.78, 5) is 0.166. The van der Waals surface area contributed by atoms with E-state index in [0.717, 1.165) is 9.65 Å². The van der Waals surface area contributed by atoms with Crippen molar-refractivity contribution in [3.05, 3.63) is 77.6 Å². The van der Waals surface area contributed by atoms with E-state index in [1.807, 2.05) is 12.1 Å². The summed E-state index contributed by atoms with van der Waals surface area (Å²) >= 11 is 5.95. The van der Waals surface area contributed by atoms with Crippen LogP contribution in [0.15, 0.2) is 76.3 Å². The molecule has 4 rings (SSSR count). The summed E-state index contributed by atoms with van der Waals surface area (Å²) in [6.45, 7) is 1.76. The molecule has 0 aliphatic heterocycles. The van der Waals surface area contributed by atoms with E-state index in [0.29, 0.717) is 27.7 Å². The van der Waals surface area contributed by atoms with Crippen LogP contribution >= 0.6 is 11.6 Å². The fraction of sp³-hybridized carbons (Fsp3) is 0.0526. The summed E-state index contributed by atoms with van der Waals surface area (Å²) in [5.41, 5.74) is 2.47. The molecule has 6 nitrogen and oxygen atoms in total. The Morgan fingerprint density at radius 2 is 1.70 bits per heavy atom. The minimum Gasteiger partial charge on any atom is -0.360 e. The summed E-state index contributed by atoms with van der Waals surface area (Å²) in [7, 11) is -3.77. The second-order valence-electron chi connectivity index (χ2n) is 5.86. The van der Waals surface area contributed by atoms with Gasteiger partial charge in [0, 0.05) is 16.8 Å². The molecule has 0 unspecified atom stereocenters. The third-order valence-electron chi connectivity index (χ3n) is 4.09. The van der Waals surface area contributed by atoms with Gasteiger partial charge >= 0.3 is 0 Å². The zero-order chi connectivity index (χ0) is 19.0. The molecule has 2 aromatic heterocycles. The van der Waals surface area contributed by atoms with E-state index < -0.39 is 10.0 Å². The molecule has 136 valence electrons. The number of nitrogens with zero attached hydrogens (tertiary/aromatic N) is 3. The van der Waals surface area contributed by atoms with Crippen LogP contribution in [0, 0.1) is 6.92 Å². The van der Waals surface area contributed by atoms with Gasteiger partial charge in [-0.3, -0.25) is 0 Å². The summed E-state index contributed by atoms with van der Waals surface area (Å²) < 4.78 is 31.8. The first kappa shape index (κ1) is 17.5. The zero-order valence-electron chi connectivity index (χ0n) is 14.2. The first-order valence-electron chi connectivity index (χ1n) is 8.06. The van der Waals surface area contributed by atoms with Crippen LogP contribution in [-0.4, -0.2) is 22.8 Å². The van der Waals surface area contributed by atoms with Gasteiger partial charge in [0.25, 0.3) is 10.0 Å². The van der Waals surface area contributed by atoms with E-state index in [1.54, 1.807) is 43.3 Å². The van der Waals surface area contributed by atoms with Crippen LogP contribution in [0.4, 0.5) is 0 Å². The summed E-state index contributed by atoms with van der Waals surface area (Å²) in [6.07, 6.45) is 1.41. The molecule has 0 amide bonds. The quantitative estimate of drug-likeness (QED) is 0.508. The highest BCUT2D eigenvalue weighted by molar-refractivity contribution is 7.89. The average molecular weight is 400 g/mol. The molecule has 0 radical (unpaired) electrons. The fourth-order valence-electron chi connectivity index (χ4n) is 2.75. The van der Waals surface area contributed by atoms with Gasteiger partial charge < -0.3 is 4.52 Å². The predicted octanol–water partition coefficient (Wildman–Crippen LogP) is 4.40. The van der Waals surface area contributed by atoms with Gasteiger partial charge in [-0.15, -0.1) is 0 Å². The predicted molar refractivity (Wildman–Crippen MR) is 102 cm³/mol. The largest absolute Gasteiger partial charge is 0.360 e. The van der Waals surface area contributed by atoms with E-state index in [2.05, 4.69) is 10.3 Å². The van der Waals surface area contributed by atoms with Crippen LogP contribution in [-0.2, 0) is 10.0 Å². The van der Waals surface area contributed by atoms with Gasteiger partial charge in [0.2, 0.25) is 0 Å². The molecule has 2 aromatic carbocycles. The first-order chi connectivity index (χ1) is 13.0. The van der Waals surface area contributed by atoms with Crippen molar-refractivity contribution in [1.29, 1.82) is 0 Å². The van der Waals surface area contributed by atoms with Crippen molar-refractivity contribution in [2.75, 3.05) is 0 Å². The average Bonchev–Trinajstić information content (AvgIpc) is 3.30. The molecule has 0 fully saturated rings. The molecule has 0 saturated carbocycles. The lowest BCUT2D eigenvalue weighted by atomic mass is 10.0. The SMILES string of the molecule is Cc1onc(-c2ccc(Cl)cc2)c1-c1ccn(S(=O)(=O)c2ccccc2)n1. The fourth-order valence-corrected chi connectivity index (χ4v) is 4.01. The maximum absolute atomic E-state index is 12.7. The van der Waals surface area contributed by atoms with Gasteiger partial charge in [0.05, 0.1) is 16.2 Å². The van der Waals surface area contributed by atoms with Crippen LogP contribution in [0.2, 0.25) is 5.02 Å². The smallest absolute Gasteiger partial charge is 0.282 e. The number of hydrogen-bond donors (Lipinski definition) is 0. The zero-order valence-corrected chi connectivity index (χ0v) is 15.8. The van der Waals surface area contributed by atoms with Crippen LogP contribution in [0.3, 0.4) is 0 Å². The second-order valence-corrected chi connectivity index (χ2v) is 8.09. The second kappa shape index (κ2) is 6.68. The number of benzene rings is 2. The van der Waals surface area contributed by atoms with E-state index >= 15 is 0 Å². The lowest BCUT2D eigenvalue weighted by Gasteiger charge is -2.04. The first-order valence-corrected chi connectivity index (χ1v) is 9.87. The van der Waals surface area contributed by atoms with Crippen LogP contribution < -0.4 is 0 Å². The Morgan fingerprint density at radius 3 is 2.41 bits per heavy atom. The lowest BCUT2D eigenvalue weighted by molar-refractivity contribution is 0.400. The maximum atomic E-state index is 12.7. The summed E-state index contributed by atoms with van der Waals surface area (Å²) in [6, 6.07) is 16.9. The minimum absolute atomic E-state index is 0.166. The molecule has 0 saturated heterocycles. The van der Waals surface area contributed by atoms with Crippen molar-refractivity contribution in [3.8, 4) is 22.5 Å². The Labute approximate surface area is 161 Å². The summed E-state index contributed by atoms with van der Waals surface area (Å²) in [5, 5.41) is 8.98. The number of aryl methyl sites for hydroxylation is 1. The molecule has 4 aromatic rings. The normalized spacial score (nSPS) is 11.6. The molecule has 27 heavy (non-hydrogen) atoms. The number of hydrogen-bond acceptors (Lipinski definition) is 5. The summed E-state index contributed by atoms with van der Waals surface area (Å²) in [5.74, 6) is 0.544. The Bertz CT molecular complexity index is 1200. The van der Waals surface area contributed by atoms with Crippen molar-refractivity contribution in [2.45, 2.75) is 11.8 Å². The van der Waals surface area contributed by atoms with E-state index in [4.69, 9.17) is 16.1 Å². The minimum atomic E-state index is -3.77. The standard InChI is InChI=1S/C19H14ClN3O3S/c1-13-18(19(22-26-13)14-7-9-15(20)10-8-14)17-11-12-23(21-17)27(24,25)16-5-3-2-4-6-16/h2-12H,1H3. The monoisotopic (exact) mass is 399 g/mol. The maximum Gasteiger partial charge on any atom is 0.282 e. The van der Waals surface area contributed by atoms with Gasteiger partial charge in [-0.25, -0.2) is 0 Å². The van der Waals surface area contributed by atoms with Crippen LogP contribution in [0.1, 0.15) is 5.76 Å². The Kier molecular flexibility index (Phi) is 4.33. The van der Waals surface area contributed by atoms with Gasteiger partial charge in [-0.05, 0) is 37.3 Å². The number of rotatable bonds is 4. The third-order valence-corrected chi connectivity index (χ3v) is 5.91. The Hall–Kier alpha value is -2.90. The van der Waals surface area contributed by atoms with Gasteiger partial charge in [0.15, 0.2) is 0 Å². The Morgan fingerprint density at radius 1 is 1.00 bits per heavy atom. The third kappa shape index (κ3) is 3.15. The molecule has 8 heteroatoms. The van der Waals surface area contributed by atoms with Crippen molar-refractivity contribution < 1.29 is 12.9 Å². The molecule has 0 N–H and O–H groups in total. The van der Waals surface area contributed by atoms with Crippen molar-refractivity contribution >= 4 is 21.6 Å². The van der Waals surface area contributed by atoms with Crippen molar-refractivity contribution in [2.24, 2.45) is 0 Å². The highest BCUT2D eigenvalue weighted by atomic mass is 35.5. The van der Waals surface area contributed by atoms with E-state index in [9.17, 15) is 8.42 Å². The molecule has 0 aliphatic carbocycles. The molecule has 0 aliphatic rings. The Balaban J connectivity index is 1.79. The number of aromatic nitrogens is 3. The molecular formula is C19H14ClN3O3S. The van der Waals surface area contributed by atoms with Gasteiger partial charge in [-0.2, -0.15) is 17.6 Å². The molecule has 0 atom stereocenters. The molecule has 0 bridgehead atoms. The van der Waals surface area contributed by atoms with Crippen molar-refractivity contribution in [1.82, 2.24) is 14.3 Å². The van der Waals surface area contributed by atoms with Crippen LogP contribution in [0.25, 0.3) is 22.5 Å². The molecule has 0 spiro atoms. The highest BCUT2D eigenvalue weighted by Gasteiger charge is 2.22.